The van der Waals surface area contributed by atoms with Gasteiger partial charge in [-0.05, 0) is 30.4 Å². The Kier molecular flexibility index (Phi) is 6.79. The minimum atomic E-state index is -0.0977. The molecule has 2 aliphatic carbocycles. The molecular weight excluding hydrogens is 402 g/mol. The molecule has 0 aromatic heterocycles. The highest BCUT2D eigenvalue weighted by Gasteiger charge is 2.43. The third-order valence-corrected chi connectivity index (χ3v) is 7.31. The normalized spacial score (nSPS) is 24.2. The number of morpholine rings is 1. The maximum atomic E-state index is 12.7. The molecule has 2 atom stereocenters. The van der Waals surface area contributed by atoms with E-state index in [1.807, 2.05) is 30.3 Å². The molecule has 0 spiro atoms. The molecule has 2 amide bonds. The third kappa shape index (κ3) is 5.18. The van der Waals surface area contributed by atoms with Crippen LogP contribution in [-0.2, 0) is 4.74 Å². The highest BCUT2D eigenvalue weighted by molar-refractivity contribution is 6.03. The van der Waals surface area contributed by atoms with E-state index in [9.17, 15) is 4.79 Å². The number of carbonyl (C=O) groups is 1. The van der Waals surface area contributed by atoms with Crippen LogP contribution >= 0.6 is 0 Å². The van der Waals surface area contributed by atoms with Gasteiger partial charge in [0.1, 0.15) is 12.4 Å². The molecule has 2 aromatic rings. The number of hydrogen-bond acceptors (Lipinski definition) is 4. The Hall–Kier alpha value is -2.31. The Bertz CT molecular complexity index is 922. The minimum Gasteiger partial charge on any atom is -0.492 e. The van der Waals surface area contributed by atoms with Gasteiger partial charge >= 0.3 is 6.03 Å². The van der Waals surface area contributed by atoms with Gasteiger partial charge in [-0.15, -0.1) is 0 Å². The molecule has 3 aliphatic rings. The summed E-state index contributed by atoms with van der Waals surface area (Å²) in [6.45, 7) is 5.06. The number of carbonyl (C=O) groups excluding carboxylic acids is 1. The molecule has 2 aromatic carbocycles. The van der Waals surface area contributed by atoms with E-state index in [0.29, 0.717) is 18.6 Å². The van der Waals surface area contributed by atoms with Gasteiger partial charge in [0, 0.05) is 36.4 Å². The third-order valence-electron chi connectivity index (χ3n) is 7.31. The summed E-state index contributed by atoms with van der Waals surface area (Å²) in [6.07, 6.45) is 7.89. The highest BCUT2D eigenvalue weighted by atomic mass is 16.5. The topological polar surface area (TPSA) is 62.8 Å². The zero-order valence-electron chi connectivity index (χ0n) is 18.9. The number of rotatable bonds is 7. The Balaban J connectivity index is 1.18. The monoisotopic (exact) mass is 437 g/mol. The predicted octanol–water partition coefficient (Wildman–Crippen LogP) is 4.64. The van der Waals surface area contributed by atoms with Crippen molar-refractivity contribution in [1.82, 2.24) is 10.2 Å². The van der Waals surface area contributed by atoms with Gasteiger partial charge < -0.3 is 20.1 Å². The molecular formula is C26H35N3O3. The van der Waals surface area contributed by atoms with Crippen LogP contribution in [0.2, 0.25) is 0 Å². The molecule has 6 heteroatoms. The average molecular weight is 438 g/mol. The Morgan fingerprint density at radius 1 is 1.03 bits per heavy atom. The molecule has 1 aliphatic heterocycles. The number of nitrogens with one attached hydrogen (secondary N) is 2. The molecule has 2 N–H and O–H groups in total. The van der Waals surface area contributed by atoms with Gasteiger partial charge in [-0.3, -0.25) is 4.90 Å². The van der Waals surface area contributed by atoms with Crippen molar-refractivity contribution in [1.29, 1.82) is 0 Å². The summed E-state index contributed by atoms with van der Waals surface area (Å²) >= 11 is 0. The van der Waals surface area contributed by atoms with E-state index in [1.165, 1.54) is 32.1 Å². The molecule has 172 valence electrons. The Morgan fingerprint density at radius 2 is 1.81 bits per heavy atom. The summed E-state index contributed by atoms with van der Waals surface area (Å²) in [5.41, 5.74) is 0.827. The molecule has 6 nitrogen and oxygen atoms in total. The summed E-state index contributed by atoms with van der Waals surface area (Å²) in [5.74, 6) is 2.35. The number of anilines is 1. The Labute approximate surface area is 190 Å². The maximum absolute atomic E-state index is 12.7. The quantitative estimate of drug-likeness (QED) is 0.662. The number of urea groups is 1. The lowest BCUT2D eigenvalue weighted by atomic mass is 9.85. The first kappa shape index (κ1) is 21.5. The summed E-state index contributed by atoms with van der Waals surface area (Å²) in [5, 5.41) is 8.32. The van der Waals surface area contributed by atoms with Crippen molar-refractivity contribution < 1.29 is 14.3 Å². The average Bonchev–Trinajstić information content (AvgIpc) is 3.60. The van der Waals surface area contributed by atoms with Gasteiger partial charge in [-0.2, -0.15) is 0 Å². The summed E-state index contributed by atoms with van der Waals surface area (Å²) in [4.78, 5) is 15.1. The molecule has 0 radical (unpaired) electrons. The number of benzene rings is 2. The first-order valence-corrected chi connectivity index (χ1v) is 12.3. The maximum Gasteiger partial charge on any atom is 0.319 e. The molecule has 3 fully saturated rings. The van der Waals surface area contributed by atoms with Crippen LogP contribution in [0.15, 0.2) is 36.4 Å². The standard InChI is InChI=1S/C26H35N3O3/c30-26(28-24-18-22(24)19-6-2-1-3-7-19)27-23-10-11-25(21-9-5-4-8-20(21)23)32-17-14-29-12-15-31-16-13-29/h4-5,8-11,19,22,24H,1-3,6-7,12-18H2,(H2,27,28,30). The molecule has 2 unspecified atom stereocenters. The second kappa shape index (κ2) is 10.1. The van der Waals surface area contributed by atoms with Crippen LogP contribution in [0.25, 0.3) is 10.8 Å². The molecule has 32 heavy (non-hydrogen) atoms. The lowest BCUT2D eigenvalue weighted by Gasteiger charge is -2.26. The van der Waals surface area contributed by atoms with E-state index in [0.717, 1.165) is 67.4 Å². The molecule has 1 saturated heterocycles. The summed E-state index contributed by atoms with van der Waals surface area (Å²) in [6, 6.07) is 12.3. The fraction of sp³-hybridized carbons (Fsp3) is 0.577. The van der Waals surface area contributed by atoms with Crippen molar-refractivity contribution in [3.63, 3.8) is 0 Å². The van der Waals surface area contributed by atoms with Crippen LogP contribution < -0.4 is 15.4 Å². The van der Waals surface area contributed by atoms with Crippen LogP contribution in [0, 0.1) is 11.8 Å². The minimum absolute atomic E-state index is 0.0977. The number of amides is 2. The lowest BCUT2D eigenvalue weighted by Crippen LogP contribution is -2.38. The van der Waals surface area contributed by atoms with Gasteiger partial charge in [-0.1, -0.05) is 56.4 Å². The van der Waals surface area contributed by atoms with Gasteiger partial charge in [0.25, 0.3) is 0 Å². The smallest absolute Gasteiger partial charge is 0.319 e. The van der Waals surface area contributed by atoms with Gasteiger partial charge in [0.2, 0.25) is 0 Å². The first-order chi connectivity index (χ1) is 15.8. The van der Waals surface area contributed by atoms with Crippen molar-refractivity contribution in [2.75, 3.05) is 44.8 Å². The van der Waals surface area contributed by atoms with Crippen LogP contribution in [0.1, 0.15) is 38.5 Å². The fourth-order valence-corrected chi connectivity index (χ4v) is 5.41. The SMILES string of the molecule is O=C(Nc1ccc(OCCN2CCOCC2)c2ccccc12)NC1CC1C1CCCCC1. The zero-order chi connectivity index (χ0) is 21.8. The molecule has 1 heterocycles. The lowest BCUT2D eigenvalue weighted by molar-refractivity contribution is 0.0323. The summed E-state index contributed by atoms with van der Waals surface area (Å²) in [7, 11) is 0. The fourth-order valence-electron chi connectivity index (χ4n) is 5.41. The van der Waals surface area contributed by atoms with Crippen molar-refractivity contribution in [3.05, 3.63) is 36.4 Å². The number of ether oxygens (including phenoxy) is 2. The van der Waals surface area contributed by atoms with E-state index in [2.05, 4.69) is 21.6 Å². The van der Waals surface area contributed by atoms with Crippen molar-refractivity contribution in [2.24, 2.45) is 11.8 Å². The van der Waals surface area contributed by atoms with Crippen LogP contribution in [-0.4, -0.2) is 56.4 Å². The van der Waals surface area contributed by atoms with E-state index in [-0.39, 0.29) is 6.03 Å². The predicted molar refractivity (Wildman–Crippen MR) is 127 cm³/mol. The zero-order valence-corrected chi connectivity index (χ0v) is 18.9. The van der Waals surface area contributed by atoms with E-state index in [4.69, 9.17) is 9.47 Å². The van der Waals surface area contributed by atoms with Crippen molar-refractivity contribution >= 4 is 22.5 Å². The van der Waals surface area contributed by atoms with Gasteiger partial charge in [0.05, 0.1) is 18.9 Å². The number of fused-ring (bicyclic) bond motifs is 1. The van der Waals surface area contributed by atoms with Crippen LogP contribution in [0.4, 0.5) is 10.5 Å². The second-order valence-electron chi connectivity index (χ2n) is 9.46. The van der Waals surface area contributed by atoms with Crippen molar-refractivity contribution in [3.8, 4) is 5.75 Å². The number of hydrogen-bond donors (Lipinski definition) is 2. The number of nitrogens with zero attached hydrogens (tertiary/aromatic N) is 1. The largest absolute Gasteiger partial charge is 0.492 e. The molecule has 0 bridgehead atoms. The summed E-state index contributed by atoms with van der Waals surface area (Å²) < 4.78 is 11.5. The first-order valence-electron chi connectivity index (χ1n) is 12.3. The highest BCUT2D eigenvalue weighted by Crippen LogP contribution is 2.44. The second-order valence-corrected chi connectivity index (χ2v) is 9.46. The molecule has 2 saturated carbocycles. The van der Waals surface area contributed by atoms with Gasteiger partial charge in [0.15, 0.2) is 0 Å². The van der Waals surface area contributed by atoms with Crippen LogP contribution in [0.5, 0.6) is 5.75 Å². The van der Waals surface area contributed by atoms with E-state index in [1.54, 1.807) is 0 Å². The molecule has 5 rings (SSSR count). The van der Waals surface area contributed by atoms with E-state index >= 15 is 0 Å². The van der Waals surface area contributed by atoms with Gasteiger partial charge in [-0.25, -0.2) is 4.79 Å². The van der Waals surface area contributed by atoms with E-state index < -0.39 is 0 Å². The van der Waals surface area contributed by atoms with Crippen LogP contribution in [0.3, 0.4) is 0 Å². The van der Waals surface area contributed by atoms with Crippen molar-refractivity contribution in [2.45, 2.75) is 44.6 Å². The Morgan fingerprint density at radius 3 is 2.62 bits per heavy atom.